The van der Waals surface area contributed by atoms with Gasteiger partial charge in [-0.05, 0) is 25.1 Å². The van der Waals surface area contributed by atoms with Gasteiger partial charge in [-0.25, -0.2) is 22.5 Å². The molecule has 0 bridgehead atoms. The summed E-state index contributed by atoms with van der Waals surface area (Å²) in [5.41, 5.74) is 0.864. The lowest BCUT2D eigenvalue weighted by molar-refractivity contribution is 0.0468. The fourth-order valence-electron chi connectivity index (χ4n) is 1.69. The zero-order valence-corrected chi connectivity index (χ0v) is 14.1. The summed E-state index contributed by atoms with van der Waals surface area (Å²) in [6.45, 7) is 1.93. The molecule has 1 heterocycles. The van der Waals surface area contributed by atoms with Crippen LogP contribution in [0.15, 0.2) is 34.5 Å². The van der Waals surface area contributed by atoms with Crippen molar-refractivity contribution in [2.75, 3.05) is 14.1 Å². The van der Waals surface area contributed by atoms with Gasteiger partial charge in [-0.15, -0.1) is 11.3 Å². The number of aryl methyl sites for hydroxylation is 1. The maximum Gasteiger partial charge on any atom is 0.338 e. The lowest BCUT2D eigenvalue weighted by Crippen LogP contribution is -2.22. The first-order chi connectivity index (χ1) is 10.3. The van der Waals surface area contributed by atoms with Crippen molar-refractivity contribution in [3.05, 3.63) is 45.9 Å². The predicted molar refractivity (Wildman–Crippen MR) is 83.3 cm³/mol. The smallest absolute Gasteiger partial charge is 0.338 e. The van der Waals surface area contributed by atoms with Crippen LogP contribution >= 0.6 is 11.3 Å². The molecule has 0 saturated heterocycles. The van der Waals surface area contributed by atoms with Crippen molar-refractivity contribution in [1.29, 1.82) is 0 Å². The number of sulfonamides is 1. The second-order valence-corrected chi connectivity index (χ2v) is 7.96. The highest BCUT2D eigenvalue weighted by Crippen LogP contribution is 2.16. The molecular weight excluding hydrogens is 324 g/mol. The first-order valence-electron chi connectivity index (χ1n) is 6.41. The Morgan fingerprint density at radius 1 is 1.36 bits per heavy atom. The molecule has 0 aliphatic rings. The molecule has 0 aliphatic carbocycles. The molecule has 0 N–H and O–H groups in total. The molecule has 22 heavy (non-hydrogen) atoms. The zero-order valence-electron chi connectivity index (χ0n) is 12.4. The third-order valence-electron chi connectivity index (χ3n) is 2.87. The minimum atomic E-state index is -3.58. The number of esters is 1. The van der Waals surface area contributed by atoms with Gasteiger partial charge in [0.1, 0.15) is 6.61 Å². The molecule has 2 aromatic rings. The van der Waals surface area contributed by atoms with Gasteiger partial charge in [0.25, 0.3) is 0 Å². The molecule has 0 saturated carbocycles. The van der Waals surface area contributed by atoms with E-state index in [1.54, 1.807) is 0 Å². The molecule has 0 radical (unpaired) electrons. The Bertz CT molecular complexity index is 782. The van der Waals surface area contributed by atoms with E-state index in [0.29, 0.717) is 5.69 Å². The molecule has 0 atom stereocenters. The van der Waals surface area contributed by atoms with E-state index in [-0.39, 0.29) is 17.1 Å². The second kappa shape index (κ2) is 6.55. The summed E-state index contributed by atoms with van der Waals surface area (Å²) in [6.07, 6.45) is 0. The van der Waals surface area contributed by atoms with Gasteiger partial charge in [0.05, 0.1) is 21.2 Å². The van der Waals surface area contributed by atoms with E-state index in [9.17, 15) is 13.2 Å². The van der Waals surface area contributed by atoms with E-state index in [2.05, 4.69) is 4.98 Å². The lowest BCUT2D eigenvalue weighted by Gasteiger charge is -2.12. The highest BCUT2D eigenvalue weighted by atomic mass is 32.2. The summed E-state index contributed by atoms with van der Waals surface area (Å²) in [5, 5.41) is 2.71. The van der Waals surface area contributed by atoms with E-state index >= 15 is 0 Å². The topological polar surface area (TPSA) is 76.6 Å². The summed E-state index contributed by atoms with van der Waals surface area (Å²) in [4.78, 5) is 16.3. The predicted octanol–water partition coefficient (Wildman–Crippen LogP) is 2.06. The first-order valence-corrected chi connectivity index (χ1v) is 8.73. The molecule has 1 aromatic heterocycles. The number of thiazole rings is 1. The summed E-state index contributed by atoms with van der Waals surface area (Å²) in [7, 11) is -0.711. The van der Waals surface area contributed by atoms with Crippen molar-refractivity contribution < 1.29 is 17.9 Å². The number of rotatable bonds is 5. The van der Waals surface area contributed by atoms with Crippen molar-refractivity contribution in [1.82, 2.24) is 9.29 Å². The van der Waals surface area contributed by atoms with Crippen LogP contribution in [-0.4, -0.2) is 37.8 Å². The molecule has 8 heteroatoms. The van der Waals surface area contributed by atoms with Crippen LogP contribution in [0.25, 0.3) is 0 Å². The Kier molecular flexibility index (Phi) is 4.94. The van der Waals surface area contributed by atoms with Crippen LogP contribution in [0.5, 0.6) is 0 Å². The molecule has 0 amide bonds. The van der Waals surface area contributed by atoms with Crippen LogP contribution in [0.2, 0.25) is 0 Å². The standard InChI is InChI=1S/C14H16N2O4S2/c1-10-15-12(9-21-10)8-20-14(17)11-5-4-6-13(7-11)22(18,19)16(2)3/h4-7,9H,8H2,1-3H3. The van der Waals surface area contributed by atoms with Crippen LogP contribution in [0.4, 0.5) is 0 Å². The number of ether oxygens (including phenoxy) is 1. The fraction of sp³-hybridized carbons (Fsp3) is 0.286. The van der Waals surface area contributed by atoms with E-state index in [1.807, 2.05) is 12.3 Å². The van der Waals surface area contributed by atoms with Crippen LogP contribution in [0.1, 0.15) is 21.1 Å². The first kappa shape index (κ1) is 16.6. The van der Waals surface area contributed by atoms with E-state index in [1.165, 1.54) is 49.7 Å². The van der Waals surface area contributed by atoms with Crippen LogP contribution in [0.3, 0.4) is 0 Å². The van der Waals surface area contributed by atoms with E-state index < -0.39 is 16.0 Å². The van der Waals surface area contributed by atoms with E-state index in [4.69, 9.17) is 4.74 Å². The number of aromatic nitrogens is 1. The highest BCUT2D eigenvalue weighted by Gasteiger charge is 2.19. The van der Waals surface area contributed by atoms with Gasteiger partial charge < -0.3 is 4.74 Å². The minimum Gasteiger partial charge on any atom is -0.456 e. The molecule has 0 aliphatic heterocycles. The van der Waals surface area contributed by atoms with Gasteiger partial charge in [-0.1, -0.05) is 6.07 Å². The highest BCUT2D eigenvalue weighted by molar-refractivity contribution is 7.89. The molecule has 6 nitrogen and oxygen atoms in total. The van der Waals surface area contributed by atoms with E-state index in [0.717, 1.165) is 9.31 Å². The molecule has 0 spiro atoms. The zero-order chi connectivity index (χ0) is 16.3. The summed E-state index contributed by atoms with van der Waals surface area (Å²) >= 11 is 1.47. The van der Waals surface area contributed by atoms with Crippen molar-refractivity contribution in [3.8, 4) is 0 Å². The third-order valence-corrected chi connectivity index (χ3v) is 5.50. The van der Waals surface area contributed by atoms with Gasteiger partial charge in [0.15, 0.2) is 0 Å². The number of benzene rings is 1. The summed E-state index contributed by atoms with van der Waals surface area (Å²) in [5.74, 6) is -0.582. The summed E-state index contributed by atoms with van der Waals surface area (Å²) < 4.78 is 30.4. The van der Waals surface area contributed by atoms with Crippen LogP contribution in [-0.2, 0) is 21.4 Å². The number of hydrogen-bond acceptors (Lipinski definition) is 6. The van der Waals surface area contributed by atoms with Gasteiger partial charge in [0, 0.05) is 19.5 Å². The second-order valence-electron chi connectivity index (χ2n) is 4.75. The quantitative estimate of drug-likeness (QED) is 0.779. The molecule has 0 fully saturated rings. The minimum absolute atomic E-state index is 0.0523. The van der Waals surface area contributed by atoms with Gasteiger partial charge >= 0.3 is 5.97 Å². The van der Waals surface area contributed by atoms with Crippen molar-refractivity contribution in [2.24, 2.45) is 0 Å². The Labute approximate surface area is 133 Å². The normalized spacial score (nSPS) is 11.6. The molecule has 2 rings (SSSR count). The largest absolute Gasteiger partial charge is 0.456 e. The third kappa shape index (κ3) is 3.70. The average molecular weight is 340 g/mol. The van der Waals surface area contributed by atoms with Crippen molar-refractivity contribution in [2.45, 2.75) is 18.4 Å². The Hall–Kier alpha value is -1.77. The monoisotopic (exact) mass is 340 g/mol. The Morgan fingerprint density at radius 3 is 2.68 bits per heavy atom. The molecule has 0 unspecified atom stereocenters. The number of carbonyl (C=O) groups excluding carboxylic acids is 1. The molecular formula is C14H16N2O4S2. The molecule has 1 aromatic carbocycles. The molecule has 118 valence electrons. The maximum atomic E-state index is 12.1. The fourth-order valence-corrected chi connectivity index (χ4v) is 3.24. The summed E-state index contributed by atoms with van der Waals surface area (Å²) in [6, 6.07) is 5.78. The Balaban J connectivity index is 2.14. The van der Waals surface area contributed by atoms with Crippen molar-refractivity contribution in [3.63, 3.8) is 0 Å². The number of carbonyl (C=O) groups is 1. The van der Waals surface area contributed by atoms with Gasteiger partial charge in [0.2, 0.25) is 10.0 Å². The lowest BCUT2D eigenvalue weighted by atomic mass is 10.2. The Morgan fingerprint density at radius 2 is 2.09 bits per heavy atom. The van der Waals surface area contributed by atoms with Crippen LogP contribution < -0.4 is 0 Å². The van der Waals surface area contributed by atoms with Gasteiger partial charge in [-0.2, -0.15) is 0 Å². The number of nitrogens with zero attached hydrogens (tertiary/aromatic N) is 2. The number of hydrogen-bond donors (Lipinski definition) is 0. The SMILES string of the molecule is Cc1nc(COC(=O)c2cccc(S(=O)(=O)N(C)C)c2)cs1. The average Bonchev–Trinajstić information content (AvgIpc) is 2.90. The van der Waals surface area contributed by atoms with Gasteiger partial charge in [-0.3, -0.25) is 0 Å². The van der Waals surface area contributed by atoms with Crippen molar-refractivity contribution >= 4 is 27.3 Å². The maximum absolute atomic E-state index is 12.1. The van der Waals surface area contributed by atoms with Crippen LogP contribution in [0, 0.1) is 6.92 Å².